The van der Waals surface area contributed by atoms with Crippen LogP contribution in [0, 0.1) is 11.3 Å². The Morgan fingerprint density at radius 1 is 1.48 bits per heavy atom. The summed E-state index contributed by atoms with van der Waals surface area (Å²) in [6, 6.07) is 1.36. The average molecular weight is 308 g/mol. The third-order valence-corrected chi connectivity index (χ3v) is 2.37. The molecule has 0 amide bonds. The van der Waals surface area contributed by atoms with Gasteiger partial charge in [-0.05, 0) is 13.0 Å². The zero-order valence-corrected chi connectivity index (χ0v) is 10.7. The number of esters is 1. The number of hydrogen-bond donors (Lipinski definition) is 0. The molecule has 9 heteroatoms. The normalized spacial score (nSPS) is 11.3. The fourth-order valence-electron chi connectivity index (χ4n) is 1.56. The molecule has 1 rings (SSSR count). The maximum atomic E-state index is 12.8. The Morgan fingerprint density at radius 2 is 2.10 bits per heavy atom. The van der Waals surface area contributed by atoms with Gasteiger partial charge in [0.25, 0.3) is 6.43 Å². The molecule has 21 heavy (non-hydrogen) atoms. The number of nitrogens with zero attached hydrogens (tertiary/aromatic N) is 2. The number of halogens is 5. The molecule has 0 N–H and O–H groups in total. The van der Waals surface area contributed by atoms with E-state index in [1.54, 1.807) is 0 Å². The van der Waals surface area contributed by atoms with Gasteiger partial charge < -0.3 is 4.74 Å². The van der Waals surface area contributed by atoms with Gasteiger partial charge in [-0.1, -0.05) is 0 Å². The molecule has 0 fully saturated rings. The first kappa shape index (κ1) is 16.8. The van der Waals surface area contributed by atoms with Crippen molar-refractivity contribution in [2.45, 2.75) is 25.9 Å². The first-order valence-electron chi connectivity index (χ1n) is 5.65. The van der Waals surface area contributed by atoms with Crippen molar-refractivity contribution in [1.82, 2.24) is 4.98 Å². The van der Waals surface area contributed by atoms with E-state index in [0.717, 1.165) is 0 Å². The van der Waals surface area contributed by atoms with Crippen LogP contribution in [0.4, 0.5) is 22.0 Å². The largest absolute Gasteiger partial charge is 0.466 e. The summed E-state index contributed by atoms with van der Waals surface area (Å²) in [4.78, 5) is 14.5. The number of aromatic nitrogens is 1. The van der Waals surface area contributed by atoms with Crippen molar-refractivity contribution in [1.29, 1.82) is 5.26 Å². The summed E-state index contributed by atoms with van der Waals surface area (Å²) in [5.41, 5.74) is -4.34. The van der Waals surface area contributed by atoms with Gasteiger partial charge in [0.15, 0.2) is 0 Å². The molecule has 114 valence electrons. The van der Waals surface area contributed by atoms with Crippen LogP contribution in [0.5, 0.6) is 0 Å². The monoisotopic (exact) mass is 308 g/mol. The number of ether oxygens (including phenoxy) is 1. The molecular formula is C12H9F5N2O2. The number of carbonyl (C=O) groups excluding carboxylic acids is 1. The van der Waals surface area contributed by atoms with Crippen molar-refractivity contribution < 1.29 is 31.5 Å². The Balaban J connectivity index is 3.43. The number of carbonyl (C=O) groups is 1. The minimum atomic E-state index is -5.01. The van der Waals surface area contributed by atoms with Gasteiger partial charge in [-0.2, -0.15) is 18.4 Å². The fourth-order valence-corrected chi connectivity index (χ4v) is 1.56. The van der Waals surface area contributed by atoms with Crippen LogP contribution < -0.4 is 0 Å². The molecular weight excluding hydrogens is 299 g/mol. The minimum absolute atomic E-state index is 0.0403. The molecule has 0 saturated carbocycles. The molecule has 1 aromatic rings. The summed E-state index contributed by atoms with van der Waals surface area (Å²) in [5.74, 6) is -0.957. The lowest BCUT2D eigenvalue weighted by Crippen LogP contribution is -2.16. The average Bonchev–Trinajstić information content (AvgIpc) is 2.36. The lowest BCUT2D eigenvalue weighted by Gasteiger charge is -2.13. The molecule has 1 heterocycles. The van der Waals surface area contributed by atoms with Crippen molar-refractivity contribution in [3.63, 3.8) is 0 Å². The fraction of sp³-hybridized carbons (Fsp3) is 0.417. The van der Waals surface area contributed by atoms with Crippen LogP contribution in [0.1, 0.15) is 35.9 Å². The number of pyridine rings is 1. The lowest BCUT2D eigenvalue weighted by molar-refractivity contribution is -0.143. The van der Waals surface area contributed by atoms with Crippen LogP contribution in [0.2, 0.25) is 0 Å². The minimum Gasteiger partial charge on any atom is -0.466 e. The molecule has 0 aliphatic rings. The summed E-state index contributed by atoms with van der Waals surface area (Å²) in [6.45, 7) is 1.43. The maximum Gasteiger partial charge on any atom is 0.417 e. The van der Waals surface area contributed by atoms with Gasteiger partial charge in [0, 0.05) is 0 Å². The molecule has 0 bridgehead atoms. The Kier molecular flexibility index (Phi) is 5.18. The molecule has 0 saturated heterocycles. The van der Waals surface area contributed by atoms with Crippen LogP contribution in [-0.2, 0) is 22.1 Å². The lowest BCUT2D eigenvalue weighted by atomic mass is 10.0. The Hall–Kier alpha value is -2.24. The highest BCUT2D eigenvalue weighted by Gasteiger charge is 2.37. The molecule has 1 aromatic heterocycles. The van der Waals surface area contributed by atoms with Gasteiger partial charge in [0.05, 0.1) is 29.8 Å². The predicted molar refractivity (Wildman–Crippen MR) is 59.2 cm³/mol. The summed E-state index contributed by atoms with van der Waals surface area (Å²) < 4.78 is 68.1. The quantitative estimate of drug-likeness (QED) is 0.633. The van der Waals surface area contributed by atoms with Crippen molar-refractivity contribution in [3.8, 4) is 6.07 Å². The molecule has 0 radical (unpaired) electrons. The number of hydrogen-bond acceptors (Lipinski definition) is 4. The van der Waals surface area contributed by atoms with Crippen LogP contribution >= 0.6 is 0 Å². The maximum absolute atomic E-state index is 12.8. The van der Waals surface area contributed by atoms with Gasteiger partial charge in [-0.15, -0.1) is 0 Å². The standard InChI is InChI=1S/C12H9F5N2O2/c1-2-21-10(20)4-8-6(5-18)7(12(15,16)17)3-9(19-8)11(13)14/h3,11H,2,4H2,1H3. The molecule has 0 aliphatic carbocycles. The highest BCUT2D eigenvalue weighted by Crippen LogP contribution is 2.35. The molecule has 0 aromatic carbocycles. The SMILES string of the molecule is CCOC(=O)Cc1nc(C(F)F)cc(C(F)(F)F)c1C#N. The molecule has 4 nitrogen and oxygen atoms in total. The van der Waals surface area contributed by atoms with E-state index >= 15 is 0 Å². The summed E-state index contributed by atoms with van der Waals surface area (Å²) in [5, 5.41) is 8.81. The molecule has 0 spiro atoms. The van der Waals surface area contributed by atoms with Crippen molar-refractivity contribution in [2.24, 2.45) is 0 Å². The zero-order valence-electron chi connectivity index (χ0n) is 10.7. The molecule has 0 aliphatic heterocycles. The second-order valence-electron chi connectivity index (χ2n) is 3.81. The first-order valence-corrected chi connectivity index (χ1v) is 5.65. The second-order valence-corrected chi connectivity index (χ2v) is 3.81. The van der Waals surface area contributed by atoms with Gasteiger partial charge in [0.1, 0.15) is 11.8 Å². The first-order chi connectivity index (χ1) is 9.70. The topological polar surface area (TPSA) is 63.0 Å². The van der Waals surface area contributed by atoms with Gasteiger partial charge in [0.2, 0.25) is 0 Å². The third kappa shape index (κ3) is 4.11. The Bertz CT molecular complexity index is 578. The van der Waals surface area contributed by atoms with E-state index in [-0.39, 0.29) is 12.7 Å². The summed E-state index contributed by atoms with van der Waals surface area (Å²) >= 11 is 0. The van der Waals surface area contributed by atoms with E-state index in [0.29, 0.717) is 0 Å². The summed E-state index contributed by atoms with van der Waals surface area (Å²) in [7, 11) is 0. The van der Waals surface area contributed by atoms with Crippen molar-refractivity contribution in [2.75, 3.05) is 6.61 Å². The van der Waals surface area contributed by atoms with Crippen molar-refractivity contribution in [3.05, 3.63) is 28.6 Å². The van der Waals surface area contributed by atoms with Crippen LogP contribution in [0.25, 0.3) is 0 Å². The van der Waals surface area contributed by atoms with Gasteiger partial charge in [-0.25, -0.2) is 13.8 Å². The van der Waals surface area contributed by atoms with Crippen LogP contribution in [0.15, 0.2) is 6.07 Å². The molecule has 0 unspecified atom stereocenters. The predicted octanol–water partition coefficient (Wildman–Crippen LogP) is 3.02. The van der Waals surface area contributed by atoms with Crippen molar-refractivity contribution >= 4 is 5.97 Å². The number of nitriles is 1. The number of rotatable bonds is 4. The van der Waals surface area contributed by atoms with Gasteiger partial charge in [-0.3, -0.25) is 4.79 Å². The smallest absolute Gasteiger partial charge is 0.417 e. The van der Waals surface area contributed by atoms with E-state index < -0.39 is 47.5 Å². The zero-order chi connectivity index (χ0) is 16.2. The van der Waals surface area contributed by atoms with E-state index in [1.165, 1.54) is 13.0 Å². The Labute approximate surface area is 116 Å². The highest BCUT2D eigenvalue weighted by atomic mass is 19.4. The third-order valence-electron chi connectivity index (χ3n) is 2.37. The van der Waals surface area contributed by atoms with Gasteiger partial charge >= 0.3 is 12.1 Å². The van der Waals surface area contributed by atoms with E-state index in [1.807, 2.05) is 0 Å². The van der Waals surface area contributed by atoms with Crippen LogP contribution in [-0.4, -0.2) is 17.6 Å². The Morgan fingerprint density at radius 3 is 2.52 bits per heavy atom. The highest BCUT2D eigenvalue weighted by molar-refractivity contribution is 5.73. The summed E-state index contributed by atoms with van der Waals surface area (Å²) in [6.07, 6.45) is -9.07. The van der Waals surface area contributed by atoms with Crippen LogP contribution in [0.3, 0.4) is 0 Å². The molecule has 0 atom stereocenters. The van der Waals surface area contributed by atoms with E-state index in [9.17, 15) is 26.7 Å². The van der Waals surface area contributed by atoms with E-state index in [4.69, 9.17) is 5.26 Å². The van der Waals surface area contributed by atoms with E-state index in [2.05, 4.69) is 9.72 Å². The second kappa shape index (κ2) is 6.47. The number of alkyl halides is 5.